The molecule has 10 rings (SSSR count). The van der Waals surface area contributed by atoms with Gasteiger partial charge in [-0.2, -0.15) is 0 Å². The topological polar surface area (TPSA) is 3.24 Å². The molecule has 1 heterocycles. The molecule has 0 N–H and O–H groups in total. The predicted molar refractivity (Wildman–Crippen MR) is 219 cm³/mol. The van der Waals surface area contributed by atoms with E-state index in [1.54, 1.807) is 0 Å². The number of benzene rings is 6. The highest BCUT2D eigenvalue weighted by molar-refractivity contribution is 9.10. The van der Waals surface area contributed by atoms with E-state index in [1.165, 1.54) is 95.0 Å². The van der Waals surface area contributed by atoms with E-state index in [4.69, 9.17) is 0 Å². The molecule has 6 aromatic rings. The van der Waals surface area contributed by atoms with Crippen LogP contribution in [0.25, 0.3) is 39.5 Å². The zero-order valence-corrected chi connectivity index (χ0v) is 31.9. The summed E-state index contributed by atoms with van der Waals surface area (Å²) in [5.41, 5.74) is 22.6. The van der Waals surface area contributed by atoms with Crippen molar-refractivity contribution in [2.45, 2.75) is 70.6 Å². The van der Waals surface area contributed by atoms with Gasteiger partial charge in [-0.05, 0) is 145 Å². The predicted octanol–water partition coefficient (Wildman–Crippen LogP) is 13.8. The summed E-state index contributed by atoms with van der Waals surface area (Å²) < 4.78 is 1.14. The molecule has 0 saturated carbocycles. The molecule has 1 nitrogen and oxygen atoms in total. The van der Waals surface area contributed by atoms with E-state index in [1.807, 2.05) is 0 Å². The van der Waals surface area contributed by atoms with Crippen LogP contribution in [-0.2, 0) is 22.7 Å². The number of hydrogen-bond donors (Lipinski definition) is 0. The van der Waals surface area contributed by atoms with Gasteiger partial charge in [0.1, 0.15) is 0 Å². The Morgan fingerprint density at radius 2 is 1.12 bits per heavy atom. The van der Waals surface area contributed by atoms with Gasteiger partial charge in [0, 0.05) is 26.4 Å². The monoisotopic (exact) mass is 723 g/mol. The standard InChI is InChI=1S/C49H42BrN/c1-47(2)39-13-9-10-14-45(39)51(34-19-15-29-11-7-8-12-30(29)23-34)46-28-43-38(27-44(46)47)37-21-17-32(25-41(37)49(43,5)6)31-16-20-35-36-22-18-33(50)26-42(36)48(3,4)40(35)24-31/h8-10,12-28H,7,11H2,1-6H3. The minimum absolute atomic E-state index is 0.0552. The third-order valence-electron chi connectivity index (χ3n) is 12.8. The van der Waals surface area contributed by atoms with Crippen LogP contribution in [0.4, 0.5) is 17.1 Å². The number of para-hydroxylation sites is 1. The maximum Gasteiger partial charge on any atom is 0.0506 e. The summed E-state index contributed by atoms with van der Waals surface area (Å²) in [4.78, 5) is 2.53. The molecule has 0 spiro atoms. The molecule has 0 bridgehead atoms. The van der Waals surface area contributed by atoms with E-state index in [9.17, 15) is 0 Å². The van der Waals surface area contributed by atoms with Crippen molar-refractivity contribution in [1.82, 2.24) is 0 Å². The van der Waals surface area contributed by atoms with Gasteiger partial charge >= 0.3 is 0 Å². The highest BCUT2D eigenvalue weighted by Gasteiger charge is 2.43. The number of fused-ring (bicyclic) bond motifs is 9. The summed E-state index contributed by atoms with van der Waals surface area (Å²) in [6.45, 7) is 14.4. The molecule has 250 valence electrons. The Kier molecular flexibility index (Phi) is 6.38. The lowest BCUT2D eigenvalue weighted by molar-refractivity contribution is 0.627. The molecule has 1 aliphatic heterocycles. The van der Waals surface area contributed by atoms with E-state index >= 15 is 0 Å². The van der Waals surface area contributed by atoms with Gasteiger partial charge in [0.15, 0.2) is 0 Å². The van der Waals surface area contributed by atoms with Crippen LogP contribution in [0.15, 0.2) is 120 Å². The lowest BCUT2D eigenvalue weighted by Gasteiger charge is -2.43. The van der Waals surface area contributed by atoms with Crippen molar-refractivity contribution in [2.75, 3.05) is 4.90 Å². The molecular weight excluding hydrogens is 682 g/mol. The molecule has 0 radical (unpaired) electrons. The second-order valence-corrected chi connectivity index (χ2v) is 17.6. The molecule has 51 heavy (non-hydrogen) atoms. The largest absolute Gasteiger partial charge is 0.310 e. The molecule has 0 aromatic heterocycles. The lowest BCUT2D eigenvalue weighted by atomic mass is 9.71. The number of allylic oxidation sites excluding steroid dienone is 1. The first kappa shape index (κ1) is 31.1. The van der Waals surface area contributed by atoms with Crippen LogP contribution in [0, 0.1) is 0 Å². The van der Waals surface area contributed by atoms with E-state index in [-0.39, 0.29) is 16.2 Å². The molecular formula is C49H42BrN. The summed E-state index contributed by atoms with van der Waals surface area (Å²) in [5, 5.41) is 0. The van der Waals surface area contributed by atoms with E-state index in [0.29, 0.717) is 0 Å². The van der Waals surface area contributed by atoms with Crippen LogP contribution in [-0.4, -0.2) is 0 Å². The van der Waals surface area contributed by atoms with Crippen LogP contribution in [0.5, 0.6) is 0 Å². The lowest BCUT2D eigenvalue weighted by Crippen LogP contribution is -2.31. The van der Waals surface area contributed by atoms with Gasteiger partial charge in [-0.15, -0.1) is 0 Å². The molecule has 4 aliphatic rings. The van der Waals surface area contributed by atoms with E-state index < -0.39 is 0 Å². The van der Waals surface area contributed by atoms with E-state index in [2.05, 4.69) is 184 Å². The van der Waals surface area contributed by atoms with Gasteiger partial charge in [0.25, 0.3) is 0 Å². The highest BCUT2D eigenvalue weighted by Crippen LogP contribution is 2.58. The van der Waals surface area contributed by atoms with Crippen molar-refractivity contribution >= 4 is 39.1 Å². The van der Waals surface area contributed by atoms with Gasteiger partial charge in [-0.25, -0.2) is 0 Å². The average molecular weight is 725 g/mol. The Hall–Kier alpha value is -4.66. The number of anilines is 3. The number of nitrogens with zero attached hydrogens (tertiary/aromatic N) is 1. The third kappa shape index (κ3) is 4.26. The van der Waals surface area contributed by atoms with Crippen molar-refractivity contribution < 1.29 is 0 Å². The highest BCUT2D eigenvalue weighted by atomic mass is 79.9. The summed E-state index contributed by atoms with van der Waals surface area (Å²) in [7, 11) is 0. The molecule has 2 heteroatoms. The normalized spacial score (nSPS) is 17.5. The first-order valence-corrected chi connectivity index (χ1v) is 19.2. The van der Waals surface area contributed by atoms with E-state index in [0.717, 1.165) is 17.3 Å². The molecule has 6 aromatic carbocycles. The van der Waals surface area contributed by atoms with Crippen molar-refractivity contribution in [1.29, 1.82) is 0 Å². The average Bonchev–Trinajstić information content (AvgIpc) is 3.49. The summed E-state index contributed by atoms with van der Waals surface area (Å²) >= 11 is 3.72. The maximum atomic E-state index is 3.72. The Labute approximate surface area is 310 Å². The molecule has 0 fully saturated rings. The van der Waals surface area contributed by atoms with Crippen LogP contribution >= 0.6 is 15.9 Å². The van der Waals surface area contributed by atoms with Crippen molar-refractivity contribution in [3.63, 3.8) is 0 Å². The summed E-state index contributed by atoms with van der Waals surface area (Å²) in [6.07, 6.45) is 6.86. The molecule has 0 atom stereocenters. The zero-order valence-electron chi connectivity index (χ0n) is 30.3. The van der Waals surface area contributed by atoms with Gasteiger partial charge in [0.05, 0.1) is 11.4 Å². The Balaban J connectivity index is 1.11. The SMILES string of the molecule is CC1(C)c2cc(Br)ccc2-c2ccc(-c3ccc4c(c3)C(C)(C)c3cc5c(cc3-4)C(C)(C)c3ccccc3N5c3ccc4c(c3)C=CCC4)cc21. The van der Waals surface area contributed by atoms with Gasteiger partial charge in [-0.1, -0.05) is 124 Å². The smallest absolute Gasteiger partial charge is 0.0506 e. The van der Waals surface area contributed by atoms with Gasteiger partial charge in [-0.3, -0.25) is 0 Å². The first-order valence-electron chi connectivity index (χ1n) is 18.4. The molecule has 0 saturated heterocycles. The molecule has 0 amide bonds. The minimum atomic E-state index is -0.153. The maximum absolute atomic E-state index is 3.72. The second-order valence-electron chi connectivity index (χ2n) is 16.7. The zero-order chi connectivity index (χ0) is 35.0. The van der Waals surface area contributed by atoms with Crippen LogP contribution in [0.2, 0.25) is 0 Å². The van der Waals surface area contributed by atoms with Crippen molar-refractivity contribution in [3.05, 3.63) is 164 Å². The van der Waals surface area contributed by atoms with Crippen molar-refractivity contribution in [3.8, 4) is 33.4 Å². The molecule has 0 unspecified atom stereocenters. The third-order valence-corrected chi connectivity index (χ3v) is 13.3. The quantitative estimate of drug-likeness (QED) is 0.172. The minimum Gasteiger partial charge on any atom is -0.310 e. The fraction of sp³-hybridized carbons (Fsp3) is 0.224. The van der Waals surface area contributed by atoms with Crippen LogP contribution in [0.3, 0.4) is 0 Å². The Bertz CT molecular complexity index is 2530. The van der Waals surface area contributed by atoms with Gasteiger partial charge in [0.2, 0.25) is 0 Å². The van der Waals surface area contributed by atoms with Crippen molar-refractivity contribution in [2.24, 2.45) is 0 Å². The fourth-order valence-corrected chi connectivity index (χ4v) is 10.2. The number of aryl methyl sites for hydroxylation is 1. The summed E-state index contributed by atoms with van der Waals surface area (Å²) in [5.74, 6) is 0. The Morgan fingerprint density at radius 1 is 0.510 bits per heavy atom. The number of hydrogen-bond acceptors (Lipinski definition) is 1. The number of rotatable bonds is 2. The second kappa shape index (κ2) is 10.5. The number of halogens is 1. The Morgan fingerprint density at radius 3 is 1.84 bits per heavy atom. The first-order chi connectivity index (χ1) is 24.4. The van der Waals surface area contributed by atoms with Crippen LogP contribution < -0.4 is 4.90 Å². The van der Waals surface area contributed by atoms with Crippen LogP contribution in [0.1, 0.15) is 92.5 Å². The molecule has 3 aliphatic carbocycles. The summed E-state index contributed by atoms with van der Waals surface area (Å²) in [6, 6.07) is 42.3. The van der Waals surface area contributed by atoms with Gasteiger partial charge < -0.3 is 4.90 Å². The fourth-order valence-electron chi connectivity index (χ4n) is 9.83.